The minimum Gasteiger partial charge on any atom is -0.494 e. The summed E-state index contributed by atoms with van der Waals surface area (Å²) in [5.41, 5.74) is -0.322. The lowest BCUT2D eigenvalue weighted by Crippen LogP contribution is -2.42. The lowest BCUT2D eigenvalue weighted by atomic mass is 9.87. The SMILES string of the molecule is CCOC1(C(=O)c2ncccc2OC)CCCCCC1. The molecule has 1 aromatic heterocycles. The zero-order valence-electron chi connectivity index (χ0n) is 12.4. The number of carbonyl (C=O) groups is 1. The summed E-state index contributed by atoms with van der Waals surface area (Å²) in [5.74, 6) is 0.500. The zero-order chi connectivity index (χ0) is 14.4. The number of aromatic nitrogens is 1. The van der Waals surface area contributed by atoms with Crippen molar-refractivity contribution in [1.29, 1.82) is 0 Å². The number of rotatable bonds is 5. The number of Topliss-reactive ketones (excluding diaryl/α,β-unsaturated/α-hetero) is 1. The van der Waals surface area contributed by atoms with Crippen LogP contribution in [0.1, 0.15) is 55.9 Å². The molecule has 1 heterocycles. The summed E-state index contributed by atoms with van der Waals surface area (Å²) in [6.07, 6.45) is 7.58. The number of hydrogen-bond donors (Lipinski definition) is 0. The summed E-state index contributed by atoms with van der Waals surface area (Å²) in [5, 5.41) is 0. The van der Waals surface area contributed by atoms with Gasteiger partial charge in [0.05, 0.1) is 7.11 Å². The van der Waals surface area contributed by atoms with E-state index >= 15 is 0 Å². The lowest BCUT2D eigenvalue weighted by molar-refractivity contribution is -0.0297. The highest BCUT2D eigenvalue weighted by molar-refractivity contribution is 6.03. The van der Waals surface area contributed by atoms with Crippen LogP contribution in [0.3, 0.4) is 0 Å². The number of ether oxygens (including phenoxy) is 2. The Morgan fingerprint density at radius 1 is 1.30 bits per heavy atom. The molecule has 0 spiro atoms. The van der Waals surface area contributed by atoms with Crippen molar-refractivity contribution in [3.05, 3.63) is 24.0 Å². The van der Waals surface area contributed by atoms with E-state index in [1.165, 1.54) is 12.8 Å². The van der Waals surface area contributed by atoms with Crippen LogP contribution in [0.2, 0.25) is 0 Å². The third-order valence-electron chi connectivity index (χ3n) is 3.95. The second kappa shape index (κ2) is 6.84. The highest BCUT2D eigenvalue weighted by Crippen LogP contribution is 2.35. The first kappa shape index (κ1) is 15.0. The van der Waals surface area contributed by atoms with Gasteiger partial charge in [0, 0.05) is 12.8 Å². The van der Waals surface area contributed by atoms with E-state index in [1.54, 1.807) is 25.4 Å². The van der Waals surface area contributed by atoms with Crippen LogP contribution in [-0.2, 0) is 4.74 Å². The number of carbonyl (C=O) groups excluding carboxylic acids is 1. The van der Waals surface area contributed by atoms with Crippen molar-refractivity contribution < 1.29 is 14.3 Å². The largest absolute Gasteiger partial charge is 0.494 e. The molecule has 0 unspecified atom stereocenters. The topological polar surface area (TPSA) is 48.4 Å². The lowest BCUT2D eigenvalue weighted by Gasteiger charge is -2.31. The van der Waals surface area contributed by atoms with Gasteiger partial charge in [-0.1, -0.05) is 25.7 Å². The fourth-order valence-corrected chi connectivity index (χ4v) is 2.95. The van der Waals surface area contributed by atoms with Gasteiger partial charge in [0.1, 0.15) is 11.4 Å². The van der Waals surface area contributed by atoms with Crippen molar-refractivity contribution in [3.63, 3.8) is 0 Å². The average molecular weight is 277 g/mol. The van der Waals surface area contributed by atoms with E-state index in [1.807, 2.05) is 6.92 Å². The molecule has 0 atom stereocenters. The minimum atomic E-state index is -0.715. The highest BCUT2D eigenvalue weighted by Gasteiger charge is 2.41. The van der Waals surface area contributed by atoms with Crippen LogP contribution in [0.15, 0.2) is 18.3 Å². The van der Waals surface area contributed by atoms with E-state index in [-0.39, 0.29) is 5.78 Å². The molecule has 0 N–H and O–H groups in total. The molecule has 0 aliphatic heterocycles. The first-order chi connectivity index (χ1) is 9.73. The molecule has 1 aliphatic rings. The number of nitrogens with zero attached hydrogens (tertiary/aromatic N) is 1. The fraction of sp³-hybridized carbons (Fsp3) is 0.625. The van der Waals surface area contributed by atoms with Crippen molar-refractivity contribution in [1.82, 2.24) is 4.98 Å². The van der Waals surface area contributed by atoms with Gasteiger partial charge >= 0.3 is 0 Å². The summed E-state index contributed by atoms with van der Waals surface area (Å²) >= 11 is 0. The maximum atomic E-state index is 13.0. The van der Waals surface area contributed by atoms with Gasteiger partial charge in [-0.3, -0.25) is 4.79 Å². The van der Waals surface area contributed by atoms with Gasteiger partial charge < -0.3 is 9.47 Å². The molecular formula is C16H23NO3. The third-order valence-corrected chi connectivity index (χ3v) is 3.95. The monoisotopic (exact) mass is 277 g/mol. The Bertz CT molecular complexity index is 451. The summed E-state index contributed by atoms with van der Waals surface area (Å²) in [4.78, 5) is 17.2. The van der Waals surface area contributed by atoms with E-state index < -0.39 is 5.60 Å². The molecule has 110 valence electrons. The van der Waals surface area contributed by atoms with Crippen molar-refractivity contribution in [2.24, 2.45) is 0 Å². The van der Waals surface area contributed by atoms with Crippen molar-refractivity contribution in [3.8, 4) is 5.75 Å². The maximum Gasteiger partial charge on any atom is 0.216 e. The summed E-state index contributed by atoms with van der Waals surface area (Å²) in [7, 11) is 1.56. The predicted octanol–water partition coefficient (Wildman–Crippen LogP) is 3.40. The van der Waals surface area contributed by atoms with Crippen LogP contribution in [0, 0.1) is 0 Å². The van der Waals surface area contributed by atoms with Crippen molar-refractivity contribution >= 4 is 5.78 Å². The zero-order valence-corrected chi connectivity index (χ0v) is 12.4. The molecule has 1 aliphatic carbocycles. The Labute approximate surface area is 120 Å². The molecule has 0 amide bonds. The van der Waals surface area contributed by atoms with Crippen LogP contribution in [-0.4, -0.2) is 30.1 Å². The molecule has 0 radical (unpaired) electrons. The van der Waals surface area contributed by atoms with Gasteiger partial charge in [0.2, 0.25) is 5.78 Å². The molecule has 0 aromatic carbocycles. The molecule has 4 heteroatoms. The van der Waals surface area contributed by atoms with Gasteiger partial charge in [0.15, 0.2) is 5.69 Å². The summed E-state index contributed by atoms with van der Waals surface area (Å²) in [6.45, 7) is 2.48. The molecule has 1 fully saturated rings. The molecule has 0 bridgehead atoms. The van der Waals surface area contributed by atoms with Crippen LogP contribution in [0.5, 0.6) is 5.75 Å². The van der Waals surface area contributed by atoms with E-state index in [2.05, 4.69) is 4.98 Å². The quantitative estimate of drug-likeness (QED) is 0.611. The normalized spacial score (nSPS) is 18.3. The van der Waals surface area contributed by atoms with Gasteiger partial charge in [-0.05, 0) is 31.9 Å². The molecule has 2 rings (SSSR count). The standard InChI is InChI=1S/C16H23NO3/c1-3-20-16(10-6-4-5-7-11-16)15(18)14-13(19-2)9-8-12-17-14/h8-9,12H,3-7,10-11H2,1-2H3. The van der Waals surface area contributed by atoms with Gasteiger partial charge in [-0.25, -0.2) is 4.98 Å². The van der Waals surface area contributed by atoms with Gasteiger partial charge in [-0.2, -0.15) is 0 Å². The second-order valence-corrected chi connectivity index (χ2v) is 5.22. The second-order valence-electron chi connectivity index (χ2n) is 5.22. The Kier molecular flexibility index (Phi) is 5.12. The van der Waals surface area contributed by atoms with Crippen molar-refractivity contribution in [2.45, 2.75) is 51.0 Å². The first-order valence-corrected chi connectivity index (χ1v) is 7.41. The number of pyridine rings is 1. The smallest absolute Gasteiger partial charge is 0.216 e. The van der Waals surface area contributed by atoms with Crippen LogP contribution in [0.25, 0.3) is 0 Å². The molecule has 4 nitrogen and oxygen atoms in total. The Balaban J connectivity index is 2.35. The van der Waals surface area contributed by atoms with E-state index in [9.17, 15) is 4.79 Å². The van der Waals surface area contributed by atoms with E-state index in [0.29, 0.717) is 18.1 Å². The molecule has 1 aromatic rings. The fourth-order valence-electron chi connectivity index (χ4n) is 2.95. The average Bonchev–Trinajstić information content (AvgIpc) is 2.73. The predicted molar refractivity (Wildman–Crippen MR) is 77.2 cm³/mol. The number of hydrogen-bond acceptors (Lipinski definition) is 4. The van der Waals surface area contributed by atoms with Gasteiger partial charge in [0.25, 0.3) is 0 Å². The van der Waals surface area contributed by atoms with Gasteiger partial charge in [-0.15, -0.1) is 0 Å². The third kappa shape index (κ3) is 3.01. The highest BCUT2D eigenvalue weighted by atomic mass is 16.5. The molecule has 0 saturated heterocycles. The van der Waals surface area contributed by atoms with E-state index in [0.717, 1.165) is 25.7 Å². The Morgan fingerprint density at radius 3 is 2.60 bits per heavy atom. The number of ketones is 1. The van der Waals surface area contributed by atoms with Crippen LogP contribution in [0.4, 0.5) is 0 Å². The molecule has 20 heavy (non-hydrogen) atoms. The van der Waals surface area contributed by atoms with Crippen LogP contribution < -0.4 is 4.74 Å². The minimum absolute atomic E-state index is 0.0290. The molecular weight excluding hydrogens is 254 g/mol. The summed E-state index contributed by atoms with van der Waals surface area (Å²) < 4.78 is 11.2. The summed E-state index contributed by atoms with van der Waals surface area (Å²) in [6, 6.07) is 3.55. The van der Waals surface area contributed by atoms with Crippen LogP contribution >= 0.6 is 0 Å². The number of methoxy groups -OCH3 is 1. The maximum absolute atomic E-state index is 13.0. The van der Waals surface area contributed by atoms with E-state index in [4.69, 9.17) is 9.47 Å². The Morgan fingerprint density at radius 2 is 2.00 bits per heavy atom. The first-order valence-electron chi connectivity index (χ1n) is 7.41. The van der Waals surface area contributed by atoms with Crippen molar-refractivity contribution in [2.75, 3.05) is 13.7 Å². The molecule has 1 saturated carbocycles. The Hall–Kier alpha value is -1.42.